The van der Waals surface area contributed by atoms with E-state index in [-0.39, 0.29) is 5.76 Å². The van der Waals surface area contributed by atoms with E-state index in [0.717, 1.165) is 37.9 Å². The number of likely N-dealkylation sites (tertiary alicyclic amines) is 1. The summed E-state index contributed by atoms with van der Waals surface area (Å²) in [5, 5.41) is 14.4. The summed E-state index contributed by atoms with van der Waals surface area (Å²) in [6, 6.07) is 9.61. The Morgan fingerprint density at radius 2 is 2.08 bits per heavy atom. The van der Waals surface area contributed by atoms with E-state index >= 15 is 0 Å². The summed E-state index contributed by atoms with van der Waals surface area (Å²) in [5.41, 5.74) is 3.00. The zero-order valence-corrected chi connectivity index (χ0v) is 14.2. The first kappa shape index (κ1) is 15.9. The molecule has 130 valence electrons. The summed E-state index contributed by atoms with van der Waals surface area (Å²) in [4.78, 5) is 13.5. The predicted octanol–water partition coefficient (Wildman–Crippen LogP) is 3.24. The molecule has 0 spiro atoms. The Morgan fingerprint density at radius 1 is 1.28 bits per heavy atom. The number of aromatic carboxylic acids is 1. The zero-order chi connectivity index (χ0) is 17.4. The van der Waals surface area contributed by atoms with Crippen LogP contribution in [0, 0.1) is 0 Å². The molecule has 1 saturated heterocycles. The first-order chi connectivity index (χ1) is 12.1. The van der Waals surface area contributed by atoms with Crippen LogP contribution in [-0.4, -0.2) is 38.8 Å². The number of hydrogen-bond donors (Lipinski definition) is 1. The highest BCUT2D eigenvalue weighted by Crippen LogP contribution is 2.28. The maximum absolute atomic E-state index is 11.0. The van der Waals surface area contributed by atoms with E-state index in [9.17, 15) is 4.79 Å². The molecule has 3 aromatic rings. The maximum atomic E-state index is 11.0. The molecule has 0 saturated carbocycles. The molecule has 0 unspecified atom stereocenters. The van der Waals surface area contributed by atoms with Gasteiger partial charge in [-0.05, 0) is 55.8 Å². The second-order valence-electron chi connectivity index (χ2n) is 6.75. The smallest absolute Gasteiger partial charge is 0.371 e. The van der Waals surface area contributed by atoms with Crippen LogP contribution >= 0.6 is 0 Å². The number of aromatic nitrogens is 2. The van der Waals surface area contributed by atoms with E-state index in [1.165, 1.54) is 11.3 Å². The number of rotatable bonds is 4. The monoisotopic (exact) mass is 339 g/mol. The van der Waals surface area contributed by atoms with Crippen LogP contribution in [0.4, 0.5) is 0 Å². The number of carboxylic acids is 1. The average Bonchev–Trinajstić information content (AvgIpc) is 3.21. The van der Waals surface area contributed by atoms with Crippen molar-refractivity contribution in [1.29, 1.82) is 0 Å². The van der Waals surface area contributed by atoms with Gasteiger partial charge in [0.15, 0.2) is 0 Å². The van der Waals surface area contributed by atoms with Crippen LogP contribution in [-0.2, 0) is 13.6 Å². The van der Waals surface area contributed by atoms with Gasteiger partial charge in [0, 0.05) is 31.1 Å². The summed E-state index contributed by atoms with van der Waals surface area (Å²) in [6.07, 6.45) is 4.25. The number of nitrogens with zero attached hydrogens (tertiary/aromatic N) is 3. The molecule has 0 radical (unpaired) electrons. The standard InChI is InChI=1S/C19H21N3O3/c1-21-7-6-16(20-21)14-4-8-22(9-5-14)12-13-2-3-17-15(10-13)11-18(25-17)19(23)24/h2-3,6-7,10-11,14H,4-5,8-9,12H2,1H3,(H,23,24). The van der Waals surface area contributed by atoms with E-state index in [1.807, 2.05) is 36.1 Å². The van der Waals surface area contributed by atoms with Crippen molar-refractivity contribution in [2.24, 2.45) is 7.05 Å². The SMILES string of the molecule is Cn1ccc(C2CCN(Cc3ccc4oc(C(=O)O)cc4c3)CC2)n1. The molecule has 1 fully saturated rings. The minimum atomic E-state index is -1.03. The number of piperidine rings is 1. The topological polar surface area (TPSA) is 71.5 Å². The van der Waals surface area contributed by atoms with Crippen LogP contribution in [0.25, 0.3) is 11.0 Å². The Hall–Kier alpha value is -2.60. The van der Waals surface area contributed by atoms with Crippen molar-refractivity contribution in [1.82, 2.24) is 14.7 Å². The third-order valence-corrected chi connectivity index (χ3v) is 4.94. The minimum absolute atomic E-state index is 0.0108. The number of fused-ring (bicyclic) bond motifs is 1. The quantitative estimate of drug-likeness (QED) is 0.790. The summed E-state index contributed by atoms with van der Waals surface area (Å²) < 4.78 is 7.19. The van der Waals surface area contributed by atoms with E-state index in [2.05, 4.69) is 16.1 Å². The van der Waals surface area contributed by atoms with E-state index < -0.39 is 5.97 Å². The summed E-state index contributed by atoms with van der Waals surface area (Å²) in [6.45, 7) is 2.97. The van der Waals surface area contributed by atoms with Gasteiger partial charge in [0.25, 0.3) is 0 Å². The molecular formula is C19H21N3O3. The van der Waals surface area contributed by atoms with Crippen molar-refractivity contribution >= 4 is 16.9 Å². The summed E-state index contributed by atoms with van der Waals surface area (Å²) >= 11 is 0. The van der Waals surface area contributed by atoms with Crippen molar-refractivity contribution < 1.29 is 14.3 Å². The lowest BCUT2D eigenvalue weighted by Crippen LogP contribution is -2.32. The molecule has 3 heterocycles. The van der Waals surface area contributed by atoms with Crippen molar-refractivity contribution in [3.63, 3.8) is 0 Å². The van der Waals surface area contributed by atoms with Gasteiger partial charge in [-0.3, -0.25) is 9.58 Å². The lowest BCUT2D eigenvalue weighted by atomic mass is 9.93. The zero-order valence-electron chi connectivity index (χ0n) is 14.2. The van der Waals surface area contributed by atoms with E-state index in [1.54, 1.807) is 6.07 Å². The van der Waals surface area contributed by atoms with Crippen LogP contribution in [0.5, 0.6) is 0 Å². The molecule has 2 aromatic heterocycles. The molecule has 4 rings (SSSR count). The molecule has 0 aliphatic carbocycles. The fourth-order valence-corrected chi connectivity index (χ4v) is 3.59. The largest absolute Gasteiger partial charge is 0.475 e. The highest BCUT2D eigenvalue weighted by atomic mass is 16.4. The lowest BCUT2D eigenvalue weighted by molar-refractivity contribution is 0.0665. The molecule has 0 bridgehead atoms. The Kier molecular flexibility index (Phi) is 4.05. The summed E-state index contributed by atoms with van der Waals surface area (Å²) in [5.74, 6) is -0.496. The molecule has 6 heteroatoms. The van der Waals surface area contributed by atoms with Gasteiger partial charge in [-0.1, -0.05) is 6.07 Å². The van der Waals surface area contributed by atoms with Crippen molar-refractivity contribution in [3.8, 4) is 0 Å². The van der Waals surface area contributed by atoms with Crippen LogP contribution in [0.3, 0.4) is 0 Å². The van der Waals surface area contributed by atoms with Crippen LogP contribution in [0.15, 0.2) is 40.9 Å². The highest BCUT2D eigenvalue weighted by Gasteiger charge is 2.22. The molecule has 25 heavy (non-hydrogen) atoms. The van der Waals surface area contributed by atoms with Gasteiger partial charge >= 0.3 is 5.97 Å². The number of carbonyl (C=O) groups is 1. The van der Waals surface area contributed by atoms with Gasteiger partial charge in [0.05, 0.1) is 5.69 Å². The van der Waals surface area contributed by atoms with E-state index in [4.69, 9.17) is 9.52 Å². The molecular weight excluding hydrogens is 318 g/mol. The molecule has 1 aromatic carbocycles. The Morgan fingerprint density at radius 3 is 2.76 bits per heavy atom. The first-order valence-corrected chi connectivity index (χ1v) is 8.56. The molecule has 6 nitrogen and oxygen atoms in total. The number of aryl methyl sites for hydroxylation is 1. The molecule has 0 amide bonds. The predicted molar refractivity (Wildman–Crippen MR) is 93.6 cm³/mol. The molecule has 0 atom stereocenters. The minimum Gasteiger partial charge on any atom is -0.475 e. The van der Waals surface area contributed by atoms with Crippen molar-refractivity contribution in [3.05, 3.63) is 53.5 Å². The van der Waals surface area contributed by atoms with Crippen LogP contribution in [0.2, 0.25) is 0 Å². The Bertz CT molecular complexity index is 904. The van der Waals surface area contributed by atoms with Crippen molar-refractivity contribution in [2.75, 3.05) is 13.1 Å². The van der Waals surface area contributed by atoms with E-state index in [0.29, 0.717) is 11.5 Å². The van der Waals surface area contributed by atoms with Gasteiger partial charge < -0.3 is 9.52 Å². The number of hydrogen-bond acceptors (Lipinski definition) is 4. The molecule has 1 aliphatic heterocycles. The maximum Gasteiger partial charge on any atom is 0.371 e. The van der Waals surface area contributed by atoms with Crippen molar-refractivity contribution in [2.45, 2.75) is 25.3 Å². The third-order valence-electron chi connectivity index (χ3n) is 4.94. The fraction of sp³-hybridized carbons (Fsp3) is 0.368. The van der Waals surface area contributed by atoms with Crippen LogP contribution < -0.4 is 0 Å². The second-order valence-corrected chi connectivity index (χ2v) is 6.75. The number of benzene rings is 1. The van der Waals surface area contributed by atoms with Gasteiger partial charge in [0.1, 0.15) is 5.58 Å². The average molecular weight is 339 g/mol. The number of furan rings is 1. The molecule has 1 N–H and O–H groups in total. The Balaban J connectivity index is 1.41. The van der Waals surface area contributed by atoms with Gasteiger partial charge in [0.2, 0.25) is 5.76 Å². The summed E-state index contributed by atoms with van der Waals surface area (Å²) in [7, 11) is 1.96. The Labute approximate surface area is 145 Å². The van der Waals surface area contributed by atoms with Gasteiger partial charge in [-0.2, -0.15) is 5.10 Å². The molecule has 1 aliphatic rings. The second kappa shape index (κ2) is 6.37. The first-order valence-electron chi connectivity index (χ1n) is 8.56. The van der Waals surface area contributed by atoms with Crippen LogP contribution in [0.1, 0.15) is 40.6 Å². The van der Waals surface area contributed by atoms with Gasteiger partial charge in [-0.25, -0.2) is 4.79 Å². The number of carboxylic acid groups (broad SMARTS) is 1. The normalized spacial score (nSPS) is 16.5. The fourth-order valence-electron chi connectivity index (χ4n) is 3.59. The highest BCUT2D eigenvalue weighted by molar-refractivity contribution is 5.91. The lowest BCUT2D eigenvalue weighted by Gasteiger charge is -2.31. The third kappa shape index (κ3) is 3.30. The van der Waals surface area contributed by atoms with Gasteiger partial charge in [-0.15, -0.1) is 0 Å².